The molecule has 1 aliphatic rings. The highest BCUT2D eigenvalue weighted by Gasteiger charge is 2.33. The molecular weight excluding hydrogens is 444 g/mol. The van der Waals surface area contributed by atoms with Gasteiger partial charge in [-0.05, 0) is 48.0 Å². The van der Waals surface area contributed by atoms with Gasteiger partial charge in [0.1, 0.15) is 0 Å². The van der Waals surface area contributed by atoms with Crippen molar-refractivity contribution in [3.8, 4) is 17.2 Å². The summed E-state index contributed by atoms with van der Waals surface area (Å²) < 4.78 is 16.5. The summed E-state index contributed by atoms with van der Waals surface area (Å²) in [5, 5.41) is 4.21. The van der Waals surface area contributed by atoms with E-state index in [-0.39, 0.29) is 11.9 Å². The molecule has 1 aliphatic heterocycles. The number of benzene rings is 1. The van der Waals surface area contributed by atoms with E-state index in [0.29, 0.717) is 30.3 Å². The maximum atomic E-state index is 13.4. The second-order valence-electron chi connectivity index (χ2n) is 7.72. The standard InChI is InChI=1S/C24H28N2O4S2/c1-25(14-16-7-8-18(28-2)24(30-4)23(16)29-3)15-21(27)26-11-9-19-17(10-13-32-19)22(26)20-6-5-12-31-20/h5-8,10,12-13,22H,9,11,14-15H2,1-4H3/t22-/m0/s1. The van der Waals surface area contributed by atoms with Gasteiger partial charge in [-0.3, -0.25) is 9.69 Å². The molecule has 8 heteroatoms. The molecular formula is C24H28N2O4S2. The Morgan fingerprint density at radius 2 is 1.88 bits per heavy atom. The van der Waals surface area contributed by atoms with Gasteiger partial charge in [-0.15, -0.1) is 22.7 Å². The van der Waals surface area contributed by atoms with Gasteiger partial charge in [-0.1, -0.05) is 12.1 Å². The Labute approximate surface area is 196 Å². The van der Waals surface area contributed by atoms with Gasteiger partial charge in [0.05, 0.1) is 33.9 Å². The van der Waals surface area contributed by atoms with Crippen LogP contribution in [0.25, 0.3) is 0 Å². The molecule has 0 saturated heterocycles. The summed E-state index contributed by atoms with van der Waals surface area (Å²) in [6, 6.07) is 10.2. The average molecular weight is 473 g/mol. The van der Waals surface area contributed by atoms with Crippen molar-refractivity contribution in [2.75, 3.05) is 41.5 Å². The molecule has 1 atom stereocenters. The lowest BCUT2D eigenvalue weighted by atomic mass is 9.98. The third kappa shape index (κ3) is 4.35. The van der Waals surface area contributed by atoms with Crippen LogP contribution in [0.1, 0.15) is 26.9 Å². The number of thiophene rings is 2. The highest BCUT2D eigenvalue weighted by molar-refractivity contribution is 7.10. The Morgan fingerprint density at radius 1 is 1.06 bits per heavy atom. The van der Waals surface area contributed by atoms with Crippen molar-refractivity contribution in [3.05, 3.63) is 62.0 Å². The molecule has 0 N–H and O–H groups in total. The van der Waals surface area contributed by atoms with Crippen LogP contribution in [-0.2, 0) is 17.8 Å². The zero-order chi connectivity index (χ0) is 22.7. The first-order valence-corrected chi connectivity index (χ1v) is 12.2. The van der Waals surface area contributed by atoms with E-state index in [1.54, 1.807) is 44.0 Å². The summed E-state index contributed by atoms with van der Waals surface area (Å²) >= 11 is 3.49. The van der Waals surface area contributed by atoms with Gasteiger partial charge in [-0.25, -0.2) is 0 Å². The minimum absolute atomic E-state index is 0.00140. The predicted octanol–water partition coefficient (Wildman–Crippen LogP) is 4.44. The number of hydrogen-bond acceptors (Lipinski definition) is 7. The van der Waals surface area contributed by atoms with Crippen LogP contribution in [0.3, 0.4) is 0 Å². The maximum absolute atomic E-state index is 13.4. The third-order valence-corrected chi connectivity index (χ3v) is 7.65. The number of ether oxygens (including phenoxy) is 3. The minimum atomic E-state index is 0.00140. The molecule has 1 aromatic carbocycles. The van der Waals surface area contributed by atoms with Crippen LogP contribution < -0.4 is 14.2 Å². The largest absolute Gasteiger partial charge is 0.493 e. The lowest BCUT2D eigenvalue weighted by Gasteiger charge is -2.36. The molecule has 0 saturated carbocycles. The topological polar surface area (TPSA) is 51.2 Å². The third-order valence-electron chi connectivity index (χ3n) is 5.73. The number of nitrogens with zero attached hydrogens (tertiary/aromatic N) is 2. The van der Waals surface area contributed by atoms with Gasteiger partial charge in [0.25, 0.3) is 0 Å². The maximum Gasteiger partial charge on any atom is 0.237 e. The van der Waals surface area contributed by atoms with Crippen LogP contribution in [0.15, 0.2) is 41.1 Å². The zero-order valence-corrected chi connectivity index (χ0v) is 20.4. The predicted molar refractivity (Wildman–Crippen MR) is 128 cm³/mol. The fraction of sp³-hybridized carbons (Fsp3) is 0.375. The molecule has 3 heterocycles. The van der Waals surface area contributed by atoms with E-state index in [2.05, 4.69) is 29.0 Å². The molecule has 1 amide bonds. The van der Waals surface area contributed by atoms with E-state index in [1.165, 1.54) is 15.3 Å². The number of rotatable bonds is 8. The number of fused-ring (bicyclic) bond motifs is 1. The van der Waals surface area contributed by atoms with Crippen molar-refractivity contribution in [2.24, 2.45) is 0 Å². The van der Waals surface area contributed by atoms with E-state index in [0.717, 1.165) is 18.5 Å². The molecule has 0 aliphatic carbocycles. The Morgan fingerprint density at radius 3 is 2.56 bits per heavy atom. The zero-order valence-electron chi connectivity index (χ0n) is 18.8. The van der Waals surface area contributed by atoms with Crippen LogP contribution in [0, 0.1) is 0 Å². The van der Waals surface area contributed by atoms with E-state index in [1.807, 2.05) is 29.0 Å². The summed E-state index contributed by atoms with van der Waals surface area (Å²) in [4.78, 5) is 20.1. The van der Waals surface area contributed by atoms with Crippen molar-refractivity contribution in [3.63, 3.8) is 0 Å². The molecule has 32 heavy (non-hydrogen) atoms. The van der Waals surface area contributed by atoms with Crippen LogP contribution in [0.5, 0.6) is 17.2 Å². The molecule has 6 nitrogen and oxygen atoms in total. The first-order chi connectivity index (χ1) is 15.6. The Balaban J connectivity index is 1.52. The van der Waals surface area contributed by atoms with E-state index >= 15 is 0 Å². The summed E-state index contributed by atoms with van der Waals surface area (Å²) in [5.41, 5.74) is 2.20. The molecule has 0 fully saturated rings. The van der Waals surface area contributed by atoms with Crippen LogP contribution in [0.2, 0.25) is 0 Å². The summed E-state index contributed by atoms with van der Waals surface area (Å²) in [6.07, 6.45) is 0.911. The monoisotopic (exact) mass is 472 g/mol. The molecule has 0 spiro atoms. The van der Waals surface area contributed by atoms with Crippen LogP contribution in [0.4, 0.5) is 0 Å². The van der Waals surface area contributed by atoms with Gasteiger partial charge in [0, 0.05) is 28.4 Å². The van der Waals surface area contributed by atoms with Crippen molar-refractivity contribution in [2.45, 2.75) is 19.0 Å². The Kier molecular flexibility index (Phi) is 7.03. The first-order valence-electron chi connectivity index (χ1n) is 10.4. The average Bonchev–Trinajstić information content (AvgIpc) is 3.49. The Bertz CT molecular complexity index is 1060. The van der Waals surface area contributed by atoms with E-state index in [4.69, 9.17) is 14.2 Å². The number of hydrogen-bond donors (Lipinski definition) is 0. The molecule has 2 aromatic heterocycles. The number of methoxy groups -OCH3 is 3. The molecule has 0 bridgehead atoms. The van der Waals surface area contributed by atoms with Gasteiger partial charge in [-0.2, -0.15) is 0 Å². The first kappa shape index (κ1) is 22.6. The quantitative estimate of drug-likeness (QED) is 0.485. The second kappa shape index (κ2) is 9.94. The van der Waals surface area contributed by atoms with Gasteiger partial charge < -0.3 is 19.1 Å². The summed E-state index contributed by atoms with van der Waals surface area (Å²) in [6.45, 7) is 1.61. The normalized spacial score (nSPS) is 15.5. The smallest absolute Gasteiger partial charge is 0.237 e. The summed E-state index contributed by atoms with van der Waals surface area (Å²) in [7, 11) is 6.76. The van der Waals surface area contributed by atoms with E-state index < -0.39 is 0 Å². The lowest BCUT2D eigenvalue weighted by Crippen LogP contribution is -2.44. The fourth-order valence-electron chi connectivity index (χ4n) is 4.29. The fourth-order valence-corrected chi connectivity index (χ4v) is 6.05. The van der Waals surface area contributed by atoms with Crippen molar-refractivity contribution < 1.29 is 19.0 Å². The van der Waals surface area contributed by atoms with Crippen LogP contribution >= 0.6 is 22.7 Å². The van der Waals surface area contributed by atoms with Gasteiger partial charge >= 0.3 is 0 Å². The number of likely N-dealkylation sites (N-methyl/N-ethyl adjacent to an activating group) is 1. The molecule has 4 rings (SSSR count). The van der Waals surface area contributed by atoms with Crippen molar-refractivity contribution >= 4 is 28.6 Å². The minimum Gasteiger partial charge on any atom is -0.493 e. The second-order valence-corrected chi connectivity index (χ2v) is 9.70. The number of carbonyl (C=O) groups is 1. The molecule has 0 radical (unpaired) electrons. The SMILES string of the molecule is COc1ccc(CN(C)CC(=O)N2CCc3sccc3[C@H]2c2cccs2)c(OC)c1OC. The highest BCUT2D eigenvalue weighted by atomic mass is 32.1. The molecule has 3 aromatic rings. The molecule has 0 unspecified atom stereocenters. The van der Waals surface area contributed by atoms with Gasteiger partial charge in [0.15, 0.2) is 11.5 Å². The molecule has 170 valence electrons. The van der Waals surface area contributed by atoms with Crippen molar-refractivity contribution in [1.29, 1.82) is 0 Å². The number of carbonyl (C=O) groups excluding carboxylic acids is 1. The van der Waals surface area contributed by atoms with Crippen molar-refractivity contribution in [1.82, 2.24) is 9.80 Å². The van der Waals surface area contributed by atoms with E-state index in [9.17, 15) is 4.79 Å². The summed E-state index contributed by atoms with van der Waals surface area (Å²) in [5.74, 6) is 1.93. The van der Waals surface area contributed by atoms with Crippen LogP contribution in [-0.4, -0.2) is 57.2 Å². The number of amides is 1. The van der Waals surface area contributed by atoms with Gasteiger partial charge in [0.2, 0.25) is 11.7 Å². The lowest BCUT2D eigenvalue weighted by molar-refractivity contribution is -0.134. The Hall–Kier alpha value is -2.55. The highest BCUT2D eigenvalue weighted by Crippen LogP contribution is 2.41.